The summed E-state index contributed by atoms with van der Waals surface area (Å²) in [6.45, 7) is 3.47. The predicted octanol–water partition coefficient (Wildman–Crippen LogP) is 3.41. The van der Waals surface area contributed by atoms with E-state index >= 15 is 0 Å². The van der Waals surface area contributed by atoms with Gasteiger partial charge in [0, 0.05) is 30.8 Å². The highest BCUT2D eigenvalue weighted by atomic mass is 16.5. The molecule has 4 aromatic rings. The zero-order valence-corrected chi connectivity index (χ0v) is 16.0. The molecule has 146 valence electrons. The molecule has 5 rings (SSSR count). The third-order valence-electron chi connectivity index (χ3n) is 5.19. The molecule has 1 aliphatic heterocycles. The number of carbonyl (C=O) groups is 1. The molecule has 0 N–H and O–H groups in total. The lowest BCUT2D eigenvalue weighted by Crippen LogP contribution is -2.24. The van der Waals surface area contributed by atoms with Crippen molar-refractivity contribution in [3.8, 4) is 11.4 Å². The van der Waals surface area contributed by atoms with Crippen LogP contribution in [0.2, 0.25) is 0 Å². The van der Waals surface area contributed by atoms with E-state index in [2.05, 4.69) is 27.4 Å². The number of hydrogen-bond donors (Lipinski definition) is 0. The van der Waals surface area contributed by atoms with Crippen molar-refractivity contribution in [2.45, 2.75) is 32.2 Å². The number of fused-ring (bicyclic) bond motifs is 1. The topological polar surface area (TPSA) is 89.9 Å². The number of amides is 1. The molecule has 0 radical (unpaired) electrons. The molecular formula is C21H20N6O2. The smallest absolute Gasteiger partial charge is 0.232 e. The number of carbonyl (C=O) groups excluding carboxylic acids is 1. The fourth-order valence-electron chi connectivity index (χ4n) is 3.74. The van der Waals surface area contributed by atoms with Crippen LogP contribution in [-0.2, 0) is 11.3 Å². The summed E-state index contributed by atoms with van der Waals surface area (Å²) in [6, 6.07) is 15.5. The van der Waals surface area contributed by atoms with Crippen molar-refractivity contribution in [2.75, 3.05) is 11.4 Å². The third-order valence-corrected chi connectivity index (χ3v) is 5.19. The van der Waals surface area contributed by atoms with Gasteiger partial charge in [0.05, 0.1) is 11.4 Å². The zero-order chi connectivity index (χ0) is 19.8. The summed E-state index contributed by atoms with van der Waals surface area (Å²) in [5.74, 6) is 0.937. The number of nitrogens with zero attached hydrogens (tertiary/aromatic N) is 6. The highest BCUT2D eigenvalue weighted by Gasteiger charge is 2.35. The Morgan fingerprint density at radius 2 is 2.03 bits per heavy atom. The summed E-state index contributed by atoms with van der Waals surface area (Å²) in [5.41, 5.74) is 3.49. The van der Waals surface area contributed by atoms with E-state index in [-0.39, 0.29) is 11.8 Å². The van der Waals surface area contributed by atoms with Crippen molar-refractivity contribution >= 4 is 22.6 Å². The predicted molar refractivity (Wildman–Crippen MR) is 107 cm³/mol. The minimum absolute atomic E-state index is 0.0647. The van der Waals surface area contributed by atoms with E-state index in [0.717, 1.165) is 35.2 Å². The van der Waals surface area contributed by atoms with E-state index in [0.29, 0.717) is 24.7 Å². The van der Waals surface area contributed by atoms with Crippen LogP contribution < -0.4 is 4.90 Å². The number of hydrogen-bond acceptors (Lipinski definition) is 6. The molecule has 0 aliphatic carbocycles. The summed E-state index contributed by atoms with van der Waals surface area (Å²) in [4.78, 5) is 18.8. The lowest BCUT2D eigenvalue weighted by molar-refractivity contribution is -0.117. The van der Waals surface area contributed by atoms with Crippen molar-refractivity contribution in [3.63, 3.8) is 0 Å². The summed E-state index contributed by atoms with van der Waals surface area (Å²) >= 11 is 0. The van der Waals surface area contributed by atoms with Crippen molar-refractivity contribution in [3.05, 3.63) is 54.4 Å². The Labute approximate surface area is 167 Å². The van der Waals surface area contributed by atoms with E-state index in [1.54, 1.807) is 4.90 Å². The summed E-state index contributed by atoms with van der Waals surface area (Å²) in [7, 11) is 0. The van der Waals surface area contributed by atoms with Gasteiger partial charge in [0.25, 0.3) is 0 Å². The second-order valence-corrected chi connectivity index (χ2v) is 7.21. The molecule has 1 saturated heterocycles. The molecular weight excluding hydrogens is 368 g/mol. The van der Waals surface area contributed by atoms with Gasteiger partial charge in [0.15, 0.2) is 0 Å². The highest BCUT2D eigenvalue weighted by Crippen LogP contribution is 2.32. The molecule has 0 spiro atoms. The summed E-state index contributed by atoms with van der Waals surface area (Å²) < 4.78 is 7.40. The van der Waals surface area contributed by atoms with E-state index in [1.807, 2.05) is 53.2 Å². The molecule has 8 nitrogen and oxygen atoms in total. The highest BCUT2D eigenvalue weighted by molar-refractivity contribution is 5.96. The van der Waals surface area contributed by atoms with Crippen molar-refractivity contribution in [1.29, 1.82) is 0 Å². The molecule has 3 heterocycles. The van der Waals surface area contributed by atoms with Crippen LogP contribution in [0.15, 0.2) is 53.1 Å². The Kier molecular flexibility index (Phi) is 4.31. The van der Waals surface area contributed by atoms with Crippen molar-refractivity contribution < 1.29 is 9.32 Å². The minimum Gasteiger partial charge on any atom is -0.339 e. The summed E-state index contributed by atoms with van der Waals surface area (Å²) in [5, 5.41) is 12.6. The van der Waals surface area contributed by atoms with Crippen LogP contribution >= 0.6 is 0 Å². The molecule has 29 heavy (non-hydrogen) atoms. The average Bonchev–Trinajstić information content (AvgIpc) is 3.47. The van der Waals surface area contributed by atoms with Gasteiger partial charge in [-0.25, -0.2) is 4.68 Å². The van der Waals surface area contributed by atoms with Gasteiger partial charge in [-0.2, -0.15) is 4.98 Å². The van der Waals surface area contributed by atoms with E-state index < -0.39 is 0 Å². The zero-order valence-electron chi connectivity index (χ0n) is 16.0. The maximum atomic E-state index is 12.5. The molecule has 8 heteroatoms. The molecule has 1 amide bonds. The van der Waals surface area contributed by atoms with Crippen LogP contribution in [0, 0.1) is 0 Å². The lowest BCUT2D eigenvalue weighted by Gasteiger charge is -2.15. The maximum Gasteiger partial charge on any atom is 0.232 e. The Hall–Kier alpha value is -3.55. The quantitative estimate of drug-likeness (QED) is 0.520. The monoisotopic (exact) mass is 388 g/mol. The van der Waals surface area contributed by atoms with Crippen LogP contribution in [0.25, 0.3) is 22.4 Å². The van der Waals surface area contributed by atoms with Gasteiger partial charge in [0.2, 0.25) is 17.6 Å². The average molecular weight is 388 g/mol. The molecule has 0 unspecified atom stereocenters. The van der Waals surface area contributed by atoms with Gasteiger partial charge in [-0.3, -0.25) is 4.79 Å². The van der Waals surface area contributed by atoms with Crippen LogP contribution in [0.3, 0.4) is 0 Å². The Morgan fingerprint density at radius 1 is 1.17 bits per heavy atom. The number of aromatic nitrogens is 5. The molecule has 1 atom stereocenters. The third kappa shape index (κ3) is 3.16. The van der Waals surface area contributed by atoms with Gasteiger partial charge in [-0.1, -0.05) is 35.5 Å². The molecule has 0 bridgehead atoms. The first-order chi connectivity index (χ1) is 14.2. The van der Waals surface area contributed by atoms with Crippen LogP contribution in [0.5, 0.6) is 0 Å². The van der Waals surface area contributed by atoms with Gasteiger partial charge in [-0.15, -0.1) is 5.10 Å². The molecule has 1 fully saturated rings. The number of rotatable bonds is 5. The number of aryl methyl sites for hydroxylation is 1. The van der Waals surface area contributed by atoms with Gasteiger partial charge >= 0.3 is 0 Å². The molecule has 0 saturated carbocycles. The Balaban J connectivity index is 1.38. The minimum atomic E-state index is -0.113. The van der Waals surface area contributed by atoms with Crippen molar-refractivity contribution in [1.82, 2.24) is 25.1 Å². The van der Waals surface area contributed by atoms with Crippen LogP contribution in [0.4, 0.5) is 5.69 Å². The molecule has 2 aromatic heterocycles. The molecule has 1 aliphatic rings. The Morgan fingerprint density at radius 3 is 2.86 bits per heavy atom. The summed E-state index contributed by atoms with van der Waals surface area (Å²) in [6.07, 6.45) is 1.36. The van der Waals surface area contributed by atoms with Gasteiger partial charge in [-0.05, 0) is 36.8 Å². The first-order valence-electron chi connectivity index (χ1n) is 9.75. The Bertz CT molecular complexity index is 1170. The largest absolute Gasteiger partial charge is 0.339 e. The second-order valence-electron chi connectivity index (χ2n) is 7.21. The SMILES string of the molecule is CCCn1nnc2cc(-c3noc([C@@H]4CC(=O)N(c5ccccc5)C4)n3)ccc21. The number of benzene rings is 2. The lowest BCUT2D eigenvalue weighted by atomic mass is 10.1. The van der Waals surface area contributed by atoms with Gasteiger partial charge < -0.3 is 9.42 Å². The first-order valence-corrected chi connectivity index (χ1v) is 9.75. The fraction of sp³-hybridized carbons (Fsp3) is 0.286. The number of para-hydroxylation sites is 1. The van der Waals surface area contributed by atoms with E-state index in [9.17, 15) is 4.79 Å². The van der Waals surface area contributed by atoms with E-state index in [1.165, 1.54) is 0 Å². The van der Waals surface area contributed by atoms with Crippen LogP contribution in [-0.4, -0.2) is 37.6 Å². The van der Waals surface area contributed by atoms with Crippen molar-refractivity contribution in [2.24, 2.45) is 0 Å². The standard InChI is InChI=1S/C21H20N6O2/c1-2-10-27-18-9-8-14(11-17(18)23-25-27)20-22-21(29-24-20)15-12-19(28)26(13-15)16-6-4-3-5-7-16/h3-9,11,15H,2,10,12-13H2,1H3/t15-/m1/s1. The normalized spacial score (nSPS) is 16.8. The van der Waals surface area contributed by atoms with Crippen LogP contribution in [0.1, 0.15) is 31.6 Å². The molecule has 2 aromatic carbocycles. The second kappa shape index (κ2) is 7.12. The number of anilines is 1. The fourth-order valence-corrected chi connectivity index (χ4v) is 3.74. The maximum absolute atomic E-state index is 12.5. The van der Waals surface area contributed by atoms with E-state index in [4.69, 9.17) is 4.52 Å². The van der Waals surface area contributed by atoms with Gasteiger partial charge in [0.1, 0.15) is 5.52 Å². The first kappa shape index (κ1) is 17.5.